The summed E-state index contributed by atoms with van der Waals surface area (Å²) < 4.78 is 0. The highest BCUT2D eigenvalue weighted by Gasteiger charge is 2.22. The van der Waals surface area contributed by atoms with Crippen LogP contribution in [0.2, 0.25) is 0 Å². The Labute approximate surface area is 197 Å². The highest BCUT2D eigenvalue weighted by Crippen LogP contribution is 2.27. The molecular formula is C26H28N2O6. The molecule has 8 heteroatoms. The van der Waals surface area contributed by atoms with Crippen molar-refractivity contribution in [1.29, 1.82) is 0 Å². The van der Waals surface area contributed by atoms with Crippen molar-refractivity contribution < 1.29 is 30.0 Å². The van der Waals surface area contributed by atoms with E-state index in [1.165, 1.54) is 0 Å². The molecule has 2 atom stereocenters. The number of carbonyl (C=O) groups excluding carboxylic acids is 2. The van der Waals surface area contributed by atoms with E-state index in [0.29, 0.717) is 12.8 Å². The third-order valence-corrected chi connectivity index (χ3v) is 5.36. The van der Waals surface area contributed by atoms with Gasteiger partial charge in [-0.3, -0.25) is 9.59 Å². The molecule has 3 rings (SSSR count). The van der Waals surface area contributed by atoms with E-state index < -0.39 is 35.4 Å². The Hall–Kier alpha value is -3.88. The number of benzene rings is 3. The first-order valence-electron chi connectivity index (χ1n) is 10.9. The molecule has 2 amide bonds. The Bertz CT molecular complexity index is 1020. The summed E-state index contributed by atoms with van der Waals surface area (Å²) in [5, 5.41) is 45.3. The van der Waals surface area contributed by atoms with Crippen LogP contribution in [0.1, 0.15) is 31.8 Å². The molecule has 0 spiro atoms. The predicted octanol–water partition coefficient (Wildman–Crippen LogP) is 1.76. The van der Waals surface area contributed by atoms with E-state index in [9.17, 15) is 30.0 Å². The molecule has 6 N–H and O–H groups in total. The van der Waals surface area contributed by atoms with E-state index in [0.717, 1.165) is 23.3 Å². The summed E-state index contributed by atoms with van der Waals surface area (Å²) in [6.45, 7) is -0.643. The second-order valence-electron chi connectivity index (χ2n) is 7.97. The Balaban J connectivity index is 1.69. The summed E-state index contributed by atoms with van der Waals surface area (Å²) in [5.74, 6) is -2.40. The van der Waals surface area contributed by atoms with Crippen molar-refractivity contribution in [2.75, 3.05) is 13.2 Å². The van der Waals surface area contributed by atoms with Gasteiger partial charge in [0, 0.05) is 0 Å². The maximum atomic E-state index is 12.7. The highest BCUT2D eigenvalue weighted by atomic mass is 16.3. The van der Waals surface area contributed by atoms with E-state index in [1.807, 2.05) is 60.7 Å². The Morgan fingerprint density at radius 2 is 1.00 bits per heavy atom. The SMILES string of the molecule is O=C(N[C@H](CO)Cc1ccccc1)c1cc(O)c(C(=O)N[C@H](CO)Cc2ccccc2)cc1O. The zero-order chi connectivity index (χ0) is 24.5. The fraction of sp³-hybridized carbons (Fsp3) is 0.231. The van der Waals surface area contributed by atoms with E-state index in [2.05, 4.69) is 10.6 Å². The molecule has 0 saturated carbocycles. The number of hydrogen-bond donors (Lipinski definition) is 6. The van der Waals surface area contributed by atoms with Crippen molar-refractivity contribution in [3.63, 3.8) is 0 Å². The van der Waals surface area contributed by atoms with Crippen molar-refractivity contribution in [2.24, 2.45) is 0 Å². The molecule has 0 aliphatic heterocycles. The van der Waals surface area contributed by atoms with Gasteiger partial charge in [0.15, 0.2) is 0 Å². The van der Waals surface area contributed by atoms with Gasteiger partial charge < -0.3 is 31.1 Å². The number of phenolic OH excluding ortho intramolecular Hbond substituents is 2. The second-order valence-corrected chi connectivity index (χ2v) is 7.97. The molecule has 3 aromatic rings. The Morgan fingerprint density at radius 1 is 0.647 bits per heavy atom. The van der Waals surface area contributed by atoms with Crippen LogP contribution in [0.5, 0.6) is 11.5 Å². The summed E-state index contributed by atoms with van der Waals surface area (Å²) >= 11 is 0. The normalized spacial score (nSPS) is 12.5. The van der Waals surface area contributed by atoms with Crippen LogP contribution in [0.4, 0.5) is 0 Å². The zero-order valence-corrected chi connectivity index (χ0v) is 18.5. The van der Waals surface area contributed by atoms with Crippen LogP contribution < -0.4 is 10.6 Å². The van der Waals surface area contributed by atoms with Gasteiger partial charge in [0.05, 0.1) is 36.4 Å². The Kier molecular flexibility index (Phi) is 8.61. The van der Waals surface area contributed by atoms with Crippen LogP contribution in [0, 0.1) is 0 Å². The first kappa shape index (κ1) is 24.8. The van der Waals surface area contributed by atoms with Gasteiger partial charge in [-0.25, -0.2) is 0 Å². The van der Waals surface area contributed by atoms with Crippen LogP contribution >= 0.6 is 0 Å². The average molecular weight is 465 g/mol. The molecule has 178 valence electrons. The molecule has 0 radical (unpaired) electrons. The quantitative estimate of drug-likeness (QED) is 0.253. The fourth-order valence-electron chi connectivity index (χ4n) is 3.59. The number of carbonyl (C=O) groups is 2. The molecule has 3 aromatic carbocycles. The van der Waals surface area contributed by atoms with Gasteiger partial charge in [0.1, 0.15) is 11.5 Å². The van der Waals surface area contributed by atoms with Gasteiger partial charge in [-0.2, -0.15) is 0 Å². The van der Waals surface area contributed by atoms with Crippen molar-refractivity contribution in [1.82, 2.24) is 10.6 Å². The van der Waals surface area contributed by atoms with Crippen LogP contribution in [0.25, 0.3) is 0 Å². The molecule has 0 unspecified atom stereocenters. The van der Waals surface area contributed by atoms with Gasteiger partial charge >= 0.3 is 0 Å². The molecule has 0 fully saturated rings. The summed E-state index contributed by atoms with van der Waals surface area (Å²) in [6.07, 6.45) is 0.751. The first-order chi connectivity index (χ1) is 16.4. The van der Waals surface area contributed by atoms with Gasteiger partial charge in [-0.1, -0.05) is 60.7 Å². The summed E-state index contributed by atoms with van der Waals surface area (Å²) in [6, 6.07) is 19.4. The summed E-state index contributed by atoms with van der Waals surface area (Å²) in [5.41, 5.74) is 1.36. The van der Waals surface area contributed by atoms with Crippen LogP contribution in [0.15, 0.2) is 72.8 Å². The third kappa shape index (κ3) is 6.57. The molecule has 34 heavy (non-hydrogen) atoms. The average Bonchev–Trinajstić information content (AvgIpc) is 2.85. The highest BCUT2D eigenvalue weighted by molar-refractivity contribution is 6.02. The molecule has 8 nitrogen and oxygen atoms in total. The van der Waals surface area contributed by atoms with Gasteiger partial charge in [0.2, 0.25) is 0 Å². The number of amides is 2. The van der Waals surface area contributed by atoms with Gasteiger partial charge in [0.25, 0.3) is 11.8 Å². The van der Waals surface area contributed by atoms with Crippen molar-refractivity contribution in [3.8, 4) is 11.5 Å². The standard InChI is InChI=1S/C26H28N2O6/c29-15-19(11-17-7-3-1-4-8-17)27-25(33)21-13-24(32)22(14-23(21)31)26(34)28-20(16-30)12-18-9-5-2-6-10-18/h1-10,13-14,19-20,29-32H,11-12,15-16H2,(H,27,33)(H,28,34)/t19-,20-/m0/s1. The van der Waals surface area contributed by atoms with Gasteiger partial charge in [-0.05, 0) is 36.1 Å². The molecule has 0 aromatic heterocycles. The molecule has 0 heterocycles. The molecule has 0 bridgehead atoms. The smallest absolute Gasteiger partial charge is 0.255 e. The van der Waals surface area contributed by atoms with E-state index in [4.69, 9.17) is 0 Å². The van der Waals surface area contributed by atoms with Gasteiger partial charge in [-0.15, -0.1) is 0 Å². The number of phenols is 2. The van der Waals surface area contributed by atoms with E-state index >= 15 is 0 Å². The lowest BCUT2D eigenvalue weighted by Crippen LogP contribution is -2.39. The minimum atomic E-state index is -0.702. The van der Waals surface area contributed by atoms with Crippen LogP contribution in [-0.2, 0) is 12.8 Å². The maximum Gasteiger partial charge on any atom is 0.255 e. The fourth-order valence-corrected chi connectivity index (χ4v) is 3.59. The van der Waals surface area contributed by atoms with Crippen LogP contribution in [0.3, 0.4) is 0 Å². The minimum absolute atomic E-state index is 0.233. The van der Waals surface area contributed by atoms with E-state index in [1.54, 1.807) is 0 Å². The largest absolute Gasteiger partial charge is 0.507 e. The number of hydrogen-bond acceptors (Lipinski definition) is 6. The molecule has 0 saturated heterocycles. The van der Waals surface area contributed by atoms with Crippen LogP contribution in [-0.4, -0.2) is 57.5 Å². The second kappa shape index (κ2) is 11.8. The number of rotatable bonds is 10. The lowest BCUT2D eigenvalue weighted by Gasteiger charge is -2.19. The first-order valence-corrected chi connectivity index (χ1v) is 10.9. The van der Waals surface area contributed by atoms with E-state index in [-0.39, 0.29) is 24.3 Å². The monoisotopic (exact) mass is 464 g/mol. The predicted molar refractivity (Wildman–Crippen MR) is 127 cm³/mol. The topological polar surface area (TPSA) is 139 Å². The van der Waals surface area contributed by atoms with Crippen molar-refractivity contribution >= 4 is 11.8 Å². The summed E-state index contributed by atoms with van der Waals surface area (Å²) in [7, 11) is 0. The molecular weight excluding hydrogens is 436 g/mol. The molecule has 0 aliphatic carbocycles. The minimum Gasteiger partial charge on any atom is -0.507 e. The van der Waals surface area contributed by atoms with Crippen molar-refractivity contribution in [3.05, 3.63) is 95.1 Å². The lowest BCUT2D eigenvalue weighted by atomic mass is 10.0. The Morgan fingerprint density at radius 3 is 1.32 bits per heavy atom. The number of aliphatic hydroxyl groups excluding tert-OH is 2. The number of aliphatic hydroxyl groups is 2. The number of nitrogens with one attached hydrogen (secondary N) is 2. The lowest BCUT2D eigenvalue weighted by molar-refractivity contribution is 0.0900. The number of aromatic hydroxyl groups is 2. The molecule has 0 aliphatic rings. The summed E-state index contributed by atoms with van der Waals surface area (Å²) in [4.78, 5) is 25.3. The zero-order valence-electron chi connectivity index (χ0n) is 18.5. The van der Waals surface area contributed by atoms with Crippen molar-refractivity contribution in [2.45, 2.75) is 24.9 Å². The third-order valence-electron chi connectivity index (χ3n) is 5.36. The maximum absolute atomic E-state index is 12.7.